The summed E-state index contributed by atoms with van der Waals surface area (Å²) >= 11 is 12.5. The second kappa shape index (κ2) is 9.78. The molecule has 0 atom stereocenters. The van der Waals surface area contributed by atoms with Gasteiger partial charge in [-0.1, -0.05) is 53.0 Å². The Morgan fingerprint density at radius 3 is 2.23 bits per heavy atom. The minimum absolute atomic E-state index is 0.0276. The number of carbonyl (C=O) groups is 1. The van der Waals surface area contributed by atoms with Crippen LogP contribution >= 0.6 is 23.2 Å². The van der Waals surface area contributed by atoms with Gasteiger partial charge in [-0.15, -0.1) is 0 Å². The predicted octanol–water partition coefficient (Wildman–Crippen LogP) is 5.27. The summed E-state index contributed by atoms with van der Waals surface area (Å²) in [5, 5.41) is 3.07. The molecular weight excluding hydrogens is 462 g/mol. The third-order valence-electron chi connectivity index (χ3n) is 4.48. The molecule has 3 aromatic carbocycles. The topological polar surface area (TPSA) is 66.5 Å². The van der Waals surface area contributed by atoms with Gasteiger partial charge in [-0.2, -0.15) is 4.31 Å². The molecular formula is C22H19Cl2FN2O3S. The molecule has 0 aliphatic rings. The van der Waals surface area contributed by atoms with Crippen LogP contribution in [0.25, 0.3) is 0 Å². The number of halogens is 3. The largest absolute Gasteiger partial charge is 0.325 e. The number of hydrogen-bond donors (Lipinski definition) is 1. The van der Waals surface area contributed by atoms with E-state index in [-0.39, 0.29) is 27.2 Å². The normalized spacial score (nSPS) is 11.5. The molecule has 0 fully saturated rings. The summed E-state index contributed by atoms with van der Waals surface area (Å²) in [7, 11) is -4.06. The van der Waals surface area contributed by atoms with E-state index in [0.717, 1.165) is 15.9 Å². The number of nitrogens with zero attached hydrogens (tertiary/aromatic N) is 1. The van der Waals surface area contributed by atoms with Crippen LogP contribution in [0.5, 0.6) is 0 Å². The van der Waals surface area contributed by atoms with E-state index in [4.69, 9.17) is 23.2 Å². The number of rotatable bonds is 7. The summed E-state index contributed by atoms with van der Waals surface area (Å²) in [6.07, 6.45) is 0. The van der Waals surface area contributed by atoms with Crippen molar-refractivity contribution in [3.05, 3.63) is 93.7 Å². The van der Waals surface area contributed by atoms with Crippen LogP contribution in [0.1, 0.15) is 11.1 Å². The molecule has 9 heteroatoms. The van der Waals surface area contributed by atoms with E-state index in [1.54, 1.807) is 30.3 Å². The molecule has 0 radical (unpaired) electrons. The van der Waals surface area contributed by atoms with Gasteiger partial charge < -0.3 is 5.32 Å². The quantitative estimate of drug-likeness (QED) is 0.500. The lowest BCUT2D eigenvalue weighted by Crippen LogP contribution is -2.37. The maximum atomic E-state index is 13.4. The molecule has 1 N–H and O–H groups in total. The van der Waals surface area contributed by atoms with Crippen molar-refractivity contribution in [2.45, 2.75) is 18.4 Å². The summed E-state index contributed by atoms with van der Waals surface area (Å²) in [5.41, 5.74) is 1.48. The van der Waals surface area contributed by atoms with Crippen molar-refractivity contribution in [3.8, 4) is 0 Å². The van der Waals surface area contributed by atoms with Crippen molar-refractivity contribution in [1.29, 1.82) is 0 Å². The lowest BCUT2D eigenvalue weighted by molar-refractivity contribution is -0.116. The fraction of sp³-hybridized carbons (Fsp3) is 0.136. The molecule has 31 heavy (non-hydrogen) atoms. The smallest absolute Gasteiger partial charge is 0.243 e. The van der Waals surface area contributed by atoms with Gasteiger partial charge in [0.05, 0.1) is 11.4 Å². The molecule has 0 heterocycles. The van der Waals surface area contributed by atoms with Crippen LogP contribution in [0.15, 0.2) is 71.6 Å². The van der Waals surface area contributed by atoms with Gasteiger partial charge in [0.2, 0.25) is 15.9 Å². The van der Waals surface area contributed by atoms with Gasteiger partial charge in [-0.25, -0.2) is 12.8 Å². The number of benzene rings is 3. The highest BCUT2D eigenvalue weighted by Gasteiger charge is 2.28. The molecule has 0 aliphatic carbocycles. The Bertz CT molecular complexity index is 1180. The van der Waals surface area contributed by atoms with Gasteiger partial charge >= 0.3 is 0 Å². The molecule has 0 bridgehead atoms. The van der Waals surface area contributed by atoms with E-state index < -0.39 is 28.3 Å². The zero-order chi connectivity index (χ0) is 22.6. The van der Waals surface area contributed by atoms with E-state index in [1.165, 1.54) is 30.3 Å². The van der Waals surface area contributed by atoms with Crippen LogP contribution in [0.3, 0.4) is 0 Å². The zero-order valence-corrected chi connectivity index (χ0v) is 18.8. The monoisotopic (exact) mass is 480 g/mol. The minimum atomic E-state index is -4.06. The standard InChI is InChI=1S/C22H19Cl2FN2O3S/c1-15-8-10-18(11-9-15)31(29,30)27(13-19-20(23)6-3-7-21(19)24)14-22(28)26-17-5-2-4-16(25)12-17/h2-12H,13-14H2,1H3,(H,26,28). The molecule has 162 valence electrons. The summed E-state index contributed by atoms with van der Waals surface area (Å²) in [4.78, 5) is 12.6. The number of nitrogens with one attached hydrogen (secondary N) is 1. The van der Waals surface area contributed by atoms with Crippen LogP contribution in [-0.4, -0.2) is 25.2 Å². The zero-order valence-electron chi connectivity index (χ0n) is 16.5. The molecule has 1 amide bonds. The van der Waals surface area contributed by atoms with Crippen molar-refractivity contribution in [3.63, 3.8) is 0 Å². The Labute approximate surface area is 190 Å². The number of anilines is 1. The summed E-state index contributed by atoms with van der Waals surface area (Å²) < 4.78 is 41.0. The van der Waals surface area contributed by atoms with Crippen molar-refractivity contribution in [1.82, 2.24) is 4.31 Å². The van der Waals surface area contributed by atoms with Gasteiger partial charge in [0.25, 0.3) is 0 Å². The fourth-order valence-corrected chi connectivity index (χ4v) is 4.75. The van der Waals surface area contributed by atoms with Crippen molar-refractivity contribution >= 4 is 44.8 Å². The Balaban J connectivity index is 1.93. The highest BCUT2D eigenvalue weighted by atomic mass is 35.5. The lowest BCUT2D eigenvalue weighted by Gasteiger charge is -2.23. The molecule has 0 aliphatic heterocycles. The van der Waals surface area contributed by atoms with E-state index in [1.807, 2.05) is 6.92 Å². The highest BCUT2D eigenvalue weighted by Crippen LogP contribution is 2.28. The average molecular weight is 481 g/mol. The molecule has 0 aromatic heterocycles. The summed E-state index contributed by atoms with van der Waals surface area (Å²) in [6, 6.07) is 16.4. The van der Waals surface area contributed by atoms with Crippen LogP contribution < -0.4 is 5.32 Å². The van der Waals surface area contributed by atoms with Crippen LogP contribution in [0, 0.1) is 12.7 Å². The number of carbonyl (C=O) groups excluding carboxylic acids is 1. The number of amides is 1. The second-order valence-corrected chi connectivity index (χ2v) is 9.60. The van der Waals surface area contributed by atoms with Gasteiger partial charge in [-0.05, 0) is 49.4 Å². The first-order valence-corrected chi connectivity index (χ1v) is 11.4. The molecule has 0 unspecified atom stereocenters. The van der Waals surface area contributed by atoms with Crippen molar-refractivity contribution < 1.29 is 17.6 Å². The summed E-state index contributed by atoms with van der Waals surface area (Å²) in [5.74, 6) is -1.16. The minimum Gasteiger partial charge on any atom is -0.325 e. The number of hydrogen-bond acceptors (Lipinski definition) is 3. The van der Waals surface area contributed by atoms with E-state index in [2.05, 4.69) is 5.32 Å². The average Bonchev–Trinajstić information content (AvgIpc) is 2.70. The SMILES string of the molecule is Cc1ccc(S(=O)(=O)N(CC(=O)Nc2cccc(F)c2)Cc2c(Cl)cccc2Cl)cc1. The summed E-state index contributed by atoms with van der Waals surface area (Å²) in [6.45, 7) is 1.10. The fourth-order valence-electron chi connectivity index (χ4n) is 2.87. The first-order valence-electron chi connectivity index (χ1n) is 9.22. The van der Waals surface area contributed by atoms with Crippen molar-refractivity contribution in [2.24, 2.45) is 0 Å². The van der Waals surface area contributed by atoms with Gasteiger partial charge in [0, 0.05) is 27.8 Å². The van der Waals surface area contributed by atoms with Crippen LogP contribution in [0.4, 0.5) is 10.1 Å². The van der Waals surface area contributed by atoms with Crippen LogP contribution in [0.2, 0.25) is 10.0 Å². The van der Waals surface area contributed by atoms with Crippen molar-refractivity contribution in [2.75, 3.05) is 11.9 Å². The van der Waals surface area contributed by atoms with Crippen LogP contribution in [-0.2, 0) is 21.4 Å². The molecule has 0 saturated carbocycles. The maximum Gasteiger partial charge on any atom is 0.243 e. The third kappa shape index (κ3) is 5.83. The first kappa shape index (κ1) is 23.2. The first-order chi connectivity index (χ1) is 14.7. The Hall–Kier alpha value is -2.45. The second-order valence-electron chi connectivity index (χ2n) is 6.84. The molecule has 5 nitrogen and oxygen atoms in total. The number of sulfonamides is 1. The third-order valence-corrected chi connectivity index (χ3v) is 7.00. The molecule has 0 spiro atoms. The van der Waals surface area contributed by atoms with Gasteiger partial charge in [-0.3, -0.25) is 4.79 Å². The Kier molecular flexibility index (Phi) is 7.33. The molecule has 3 aromatic rings. The Morgan fingerprint density at radius 1 is 1.00 bits per heavy atom. The number of aryl methyl sites for hydroxylation is 1. The van der Waals surface area contributed by atoms with E-state index in [0.29, 0.717) is 5.56 Å². The lowest BCUT2D eigenvalue weighted by atomic mass is 10.2. The Morgan fingerprint density at radius 2 is 1.61 bits per heavy atom. The molecule has 3 rings (SSSR count). The van der Waals surface area contributed by atoms with Gasteiger partial charge in [0.1, 0.15) is 5.82 Å². The molecule has 0 saturated heterocycles. The van der Waals surface area contributed by atoms with E-state index in [9.17, 15) is 17.6 Å². The predicted molar refractivity (Wildman–Crippen MR) is 120 cm³/mol. The van der Waals surface area contributed by atoms with E-state index >= 15 is 0 Å². The maximum absolute atomic E-state index is 13.4. The van der Waals surface area contributed by atoms with Gasteiger partial charge in [0.15, 0.2) is 0 Å². The highest BCUT2D eigenvalue weighted by molar-refractivity contribution is 7.89.